The van der Waals surface area contributed by atoms with Crippen LogP contribution in [0, 0.1) is 0 Å². The lowest BCUT2D eigenvalue weighted by Crippen LogP contribution is -1.96. The molecule has 7 heteroatoms. The van der Waals surface area contributed by atoms with Crippen LogP contribution in [-0.4, -0.2) is 23.2 Å². The first-order valence-corrected chi connectivity index (χ1v) is 5.10. The van der Waals surface area contributed by atoms with E-state index in [0.29, 0.717) is 6.26 Å². The second-order valence-electron chi connectivity index (χ2n) is 2.54. The molecule has 0 heterocycles. The predicted octanol–water partition coefficient (Wildman–Crippen LogP) is 0.888. The van der Waals surface area contributed by atoms with Crippen LogP contribution in [0.15, 0.2) is 24.5 Å². The molecule has 15 heavy (non-hydrogen) atoms. The van der Waals surface area contributed by atoms with Crippen LogP contribution >= 0.6 is 0 Å². The Labute approximate surface area is 86.0 Å². The first kappa shape index (κ1) is 11.3. The predicted molar refractivity (Wildman–Crippen MR) is 51.4 cm³/mol. The Bertz CT molecular complexity index is 476. The highest BCUT2D eigenvalue weighted by molar-refractivity contribution is 7.81. The molecule has 0 saturated carbocycles. The average molecular weight is 232 g/mol. The molecule has 0 fully saturated rings. The van der Waals surface area contributed by atoms with Crippen LogP contribution in [-0.2, 0) is 14.6 Å². The van der Waals surface area contributed by atoms with Gasteiger partial charge in [-0.1, -0.05) is 12.1 Å². The summed E-state index contributed by atoms with van der Waals surface area (Å²) in [7, 11) is -4.55. The Hall–Kier alpha value is -1.73. The van der Waals surface area contributed by atoms with E-state index in [0.717, 1.165) is 6.08 Å². The van der Waals surface area contributed by atoms with E-state index in [1.165, 1.54) is 18.2 Å². The average Bonchev–Trinajstić information content (AvgIpc) is 2.10. The topological polar surface area (TPSA) is 104 Å². The fraction of sp³-hybridized carbons (Fsp3) is 0. The van der Waals surface area contributed by atoms with Crippen molar-refractivity contribution in [2.45, 2.75) is 0 Å². The Morgan fingerprint density at radius 3 is 2.53 bits per heavy atom. The fourth-order valence-corrected chi connectivity index (χ4v) is 1.05. The minimum absolute atomic E-state index is 0.152. The molecule has 0 amide bonds. The number of phenols is 2. The van der Waals surface area contributed by atoms with Gasteiger partial charge in [0.25, 0.3) is 0 Å². The molecule has 0 unspecified atom stereocenters. The van der Waals surface area contributed by atoms with Gasteiger partial charge >= 0.3 is 10.4 Å². The Morgan fingerprint density at radius 2 is 1.93 bits per heavy atom. The SMILES string of the molecule is O=S(=O)(O)OC=Cc1cccc(O)c1O. The standard InChI is InChI=1S/C8H8O6S/c9-7-3-1-2-6(8(7)10)4-5-14-15(11,12)13/h1-5,9-10H,(H,11,12,13). The van der Waals surface area contributed by atoms with Crippen LogP contribution < -0.4 is 0 Å². The second kappa shape index (κ2) is 4.20. The molecule has 0 radical (unpaired) electrons. The minimum Gasteiger partial charge on any atom is -0.504 e. The van der Waals surface area contributed by atoms with Gasteiger partial charge in [0, 0.05) is 5.56 Å². The molecule has 1 aromatic carbocycles. The lowest BCUT2D eigenvalue weighted by atomic mass is 10.2. The Morgan fingerprint density at radius 1 is 1.27 bits per heavy atom. The number of hydrogen-bond donors (Lipinski definition) is 3. The van der Waals surface area contributed by atoms with Crippen LogP contribution in [0.25, 0.3) is 6.08 Å². The van der Waals surface area contributed by atoms with E-state index in [9.17, 15) is 13.5 Å². The maximum atomic E-state index is 10.1. The van der Waals surface area contributed by atoms with Crippen LogP contribution in [0.4, 0.5) is 0 Å². The van der Waals surface area contributed by atoms with Crippen molar-refractivity contribution in [3.63, 3.8) is 0 Å². The lowest BCUT2D eigenvalue weighted by Gasteiger charge is -2.00. The maximum Gasteiger partial charge on any atom is 0.445 e. The fourth-order valence-electron chi connectivity index (χ4n) is 0.854. The normalized spacial score (nSPS) is 11.8. The highest BCUT2D eigenvalue weighted by atomic mass is 32.3. The van der Waals surface area contributed by atoms with Gasteiger partial charge in [0.05, 0.1) is 0 Å². The van der Waals surface area contributed by atoms with E-state index in [1.807, 2.05) is 0 Å². The van der Waals surface area contributed by atoms with E-state index < -0.39 is 16.1 Å². The molecule has 0 atom stereocenters. The summed E-state index contributed by atoms with van der Waals surface area (Å²) in [4.78, 5) is 0. The zero-order chi connectivity index (χ0) is 11.5. The molecular weight excluding hydrogens is 224 g/mol. The van der Waals surface area contributed by atoms with Crippen molar-refractivity contribution >= 4 is 16.5 Å². The van der Waals surface area contributed by atoms with Crippen LogP contribution in [0.3, 0.4) is 0 Å². The molecule has 1 aromatic rings. The van der Waals surface area contributed by atoms with Crippen LogP contribution in [0.5, 0.6) is 11.5 Å². The quantitative estimate of drug-likeness (QED) is 0.406. The molecular formula is C8H8O6S. The third-order valence-electron chi connectivity index (χ3n) is 1.47. The molecule has 82 valence electrons. The van der Waals surface area contributed by atoms with Gasteiger partial charge in [-0.3, -0.25) is 4.55 Å². The number of benzene rings is 1. The molecule has 0 bridgehead atoms. The number of hydrogen-bond acceptors (Lipinski definition) is 5. The van der Waals surface area contributed by atoms with E-state index in [-0.39, 0.29) is 11.3 Å². The van der Waals surface area contributed by atoms with Gasteiger partial charge < -0.3 is 14.4 Å². The van der Waals surface area contributed by atoms with Gasteiger partial charge in [-0.05, 0) is 12.1 Å². The van der Waals surface area contributed by atoms with Crippen molar-refractivity contribution < 1.29 is 27.4 Å². The van der Waals surface area contributed by atoms with Crippen molar-refractivity contribution in [1.29, 1.82) is 0 Å². The third kappa shape index (κ3) is 3.49. The molecule has 6 nitrogen and oxygen atoms in total. The summed E-state index contributed by atoms with van der Waals surface area (Å²) in [5.41, 5.74) is 0.152. The highest BCUT2D eigenvalue weighted by Gasteiger charge is 2.03. The molecule has 0 aliphatic rings. The summed E-state index contributed by atoms with van der Waals surface area (Å²) in [6.07, 6.45) is 1.74. The van der Waals surface area contributed by atoms with E-state index in [2.05, 4.69) is 4.18 Å². The zero-order valence-corrected chi connectivity index (χ0v) is 8.18. The molecule has 0 saturated heterocycles. The lowest BCUT2D eigenvalue weighted by molar-refractivity contribution is 0.357. The first-order valence-electron chi connectivity index (χ1n) is 3.73. The zero-order valence-electron chi connectivity index (χ0n) is 7.36. The Balaban J connectivity index is 2.86. The van der Waals surface area contributed by atoms with Gasteiger partial charge in [0.1, 0.15) is 6.26 Å². The van der Waals surface area contributed by atoms with Gasteiger partial charge in [0.15, 0.2) is 11.5 Å². The molecule has 3 N–H and O–H groups in total. The highest BCUT2D eigenvalue weighted by Crippen LogP contribution is 2.28. The molecule has 0 aliphatic heterocycles. The number of aromatic hydroxyl groups is 2. The van der Waals surface area contributed by atoms with Crippen molar-refractivity contribution in [1.82, 2.24) is 0 Å². The van der Waals surface area contributed by atoms with E-state index in [1.54, 1.807) is 0 Å². The minimum atomic E-state index is -4.55. The summed E-state index contributed by atoms with van der Waals surface area (Å²) in [6.45, 7) is 0. The van der Waals surface area contributed by atoms with Crippen LogP contribution in [0.1, 0.15) is 5.56 Å². The van der Waals surface area contributed by atoms with Crippen LogP contribution in [0.2, 0.25) is 0 Å². The summed E-state index contributed by atoms with van der Waals surface area (Å²) >= 11 is 0. The molecule has 0 spiro atoms. The van der Waals surface area contributed by atoms with Crippen molar-refractivity contribution in [2.75, 3.05) is 0 Å². The second-order valence-corrected chi connectivity index (χ2v) is 3.59. The summed E-state index contributed by atoms with van der Waals surface area (Å²) in [5, 5.41) is 18.3. The molecule has 0 aromatic heterocycles. The number of rotatable bonds is 3. The van der Waals surface area contributed by atoms with Gasteiger partial charge in [-0.25, -0.2) is 0 Å². The van der Waals surface area contributed by atoms with E-state index in [4.69, 9.17) is 9.66 Å². The van der Waals surface area contributed by atoms with Crippen molar-refractivity contribution in [3.05, 3.63) is 30.0 Å². The third-order valence-corrected chi connectivity index (χ3v) is 1.83. The van der Waals surface area contributed by atoms with Gasteiger partial charge in [-0.15, -0.1) is 0 Å². The smallest absolute Gasteiger partial charge is 0.445 e. The summed E-state index contributed by atoms with van der Waals surface area (Å²) in [6, 6.07) is 4.12. The maximum absolute atomic E-state index is 10.1. The van der Waals surface area contributed by atoms with Gasteiger partial charge in [0.2, 0.25) is 0 Å². The largest absolute Gasteiger partial charge is 0.504 e. The number of para-hydroxylation sites is 1. The monoisotopic (exact) mass is 232 g/mol. The first-order chi connectivity index (χ1) is 6.90. The summed E-state index contributed by atoms with van der Waals surface area (Å²) in [5.74, 6) is -0.753. The summed E-state index contributed by atoms with van der Waals surface area (Å²) < 4.78 is 32.4. The number of phenolic OH excluding ortho intramolecular Hbond substituents is 2. The molecule has 0 aliphatic carbocycles. The van der Waals surface area contributed by atoms with Crippen molar-refractivity contribution in [2.24, 2.45) is 0 Å². The van der Waals surface area contributed by atoms with Crippen molar-refractivity contribution in [3.8, 4) is 11.5 Å². The van der Waals surface area contributed by atoms with Gasteiger partial charge in [-0.2, -0.15) is 8.42 Å². The van der Waals surface area contributed by atoms with E-state index >= 15 is 0 Å². The Kier molecular flexibility index (Phi) is 3.17. The molecule has 1 rings (SSSR count).